The van der Waals surface area contributed by atoms with E-state index in [4.69, 9.17) is 39.6 Å². The van der Waals surface area contributed by atoms with Crippen LogP contribution in [0.4, 0.5) is 58.5 Å². The predicted molar refractivity (Wildman–Crippen MR) is 167 cm³/mol. The zero-order chi connectivity index (χ0) is 43.9. The molecule has 0 atom stereocenters. The van der Waals surface area contributed by atoms with Crippen LogP contribution in [-0.4, -0.2) is 124 Å². The number of alkyl halides is 12. The molecule has 5 heterocycles. The summed E-state index contributed by atoms with van der Waals surface area (Å²) >= 11 is 0. The van der Waals surface area contributed by atoms with Gasteiger partial charge in [0.05, 0.1) is 17.6 Å². The zero-order valence-corrected chi connectivity index (χ0v) is 28.4. The number of hydrogen-bond donors (Lipinski definition) is 4. The molecule has 4 N–H and O–H groups in total. The highest BCUT2D eigenvalue weighted by Crippen LogP contribution is 2.25. The van der Waals surface area contributed by atoms with E-state index >= 15 is 0 Å². The average Bonchev–Trinajstić information content (AvgIpc) is 3.53. The molecule has 0 aliphatic carbocycles. The second kappa shape index (κ2) is 20.6. The van der Waals surface area contributed by atoms with Gasteiger partial charge in [-0.15, -0.1) is 0 Å². The Morgan fingerprint density at radius 3 is 1.53 bits per heavy atom. The number of pyridine rings is 2. The second-order valence-corrected chi connectivity index (χ2v) is 10.6. The van der Waals surface area contributed by atoms with Crippen LogP contribution in [0.2, 0.25) is 0 Å². The topological polar surface area (TPSA) is 212 Å². The van der Waals surface area contributed by atoms with Gasteiger partial charge in [0, 0.05) is 68.8 Å². The summed E-state index contributed by atoms with van der Waals surface area (Å²) in [5, 5.41) is 28.5. The van der Waals surface area contributed by atoms with Crippen LogP contribution in [0.1, 0.15) is 11.4 Å². The number of nitrogens with zero attached hydrogens (tertiary/aromatic N) is 7. The van der Waals surface area contributed by atoms with Crippen molar-refractivity contribution >= 4 is 35.3 Å². The Morgan fingerprint density at radius 2 is 1.12 bits per heavy atom. The lowest BCUT2D eigenvalue weighted by Crippen LogP contribution is -2.46. The number of piperazine rings is 1. The number of carboxylic acid groups (broad SMARTS) is 4. The Balaban J connectivity index is 0.000000473. The van der Waals surface area contributed by atoms with Crippen LogP contribution in [0.5, 0.6) is 0 Å². The van der Waals surface area contributed by atoms with Crippen LogP contribution < -0.4 is 4.90 Å². The third-order valence-corrected chi connectivity index (χ3v) is 6.34. The molecule has 0 bridgehead atoms. The lowest BCUT2D eigenvalue weighted by molar-refractivity contribution is -0.193. The minimum atomic E-state index is -5.08. The van der Waals surface area contributed by atoms with Crippen molar-refractivity contribution in [2.45, 2.75) is 38.2 Å². The fourth-order valence-electron chi connectivity index (χ4n) is 3.89. The van der Waals surface area contributed by atoms with Gasteiger partial charge in [0.25, 0.3) is 0 Å². The number of aryl methyl sites for hydroxylation is 1. The first-order valence-electron chi connectivity index (χ1n) is 14.9. The lowest BCUT2D eigenvalue weighted by Gasteiger charge is -2.35. The van der Waals surface area contributed by atoms with Crippen molar-refractivity contribution in [3.05, 3.63) is 72.7 Å². The van der Waals surface area contributed by atoms with Gasteiger partial charge in [-0.1, -0.05) is 6.07 Å². The molecule has 0 amide bonds. The van der Waals surface area contributed by atoms with Crippen molar-refractivity contribution in [3.63, 3.8) is 0 Å². The molecule has 1 aliphatic rings. The molecule has 4 aromatic rings. The summed E-state index contributed by atoms with van der Waals surface area (Å²) in [7, 11) is 0. The molecule has 314 valence electrons. The van der Waals surface area contributed by atoms with Gasteiger partial charge in [0.2, 0.25) is 0 Å². The summed E-state index contributed by atoms with van der Waals surface area (Å²) in [6, 6.07) is 10.2. The standard InChI is InChI=1S/C22H23N7.4C2HF3O2/c1-17-4-2-6-19(26-17)16-27-10-12-28(13-11-27)21-22-25-15-20(29(22)9-8-24-21)18-5-3-7-23-14-18;4*3-2(4,5)1(6)7/h2-9,14-15H,10-13,16H2,1H3;4*(H,6,7). The largest absolute Gasteiger partial charge is 0.490 e. The molecule has 0 radical (unpaired) electrons. The Morgan fingerprint density at radius 1 is 0.649 bits per heavy atom. The molecule has 15 nitrogen and oxygen atoms in total. The van der Waals surface area contributed by atoms with Gasteiger partial charge >= 0.3 is 48.6 Å². The van der Waals surface area contributed by atoms with E-state index in [0.29, 0.717) is 0 Å². The van der Waals surface area contributed by atoms with Gasteiger partial charge in [0.15, 0.2) is 11.5 Å². The van der Waals surface area contributed by atoms with Gasteiger partial charge in [0.1, 0.15) is 0 Å². The van der Waals surface area contributed by atoms with E-state index in [2.05, 4.69) is 52.3 Å². The number of fused-ring (bicyclic) bond motifs is 1. The number of aromatic nitrogens is 5. The van der Waals surface area contributed by atoms with Crippen LogP contribution in [0.25, 0.3) is 16.9 Å². The van der Waals surface area contributed by atoms with Gasteiger partial charge in [-0.25, -0.2) is 29.1 Å². The average molecular weight is 842 g/mol. The number of rotatable bonds is 4. The number of carbonyl (C=O) groups is 4. The fraction of sp³-hybridized carbons (Fsp3) is 0.333. The lowest BCUT2D eigenvalue weighted by atomic mass is 10.2. The molecule has 1 saturated heterocycles. The molecule has 0 unspecified atom stereocenters. The van der Waals surface area contributed by atoms with E-state index in [-0.39, 0.29) is 0 Å². The molecule has 0 aromatic carbocycles. The Hall–Kier alpha value is -6.28. The number of carboxylic acids is 4. The highest BCUT2D eigenvalue weighted by Gasteiger charge is 2.40. The van der Waals surface area contributed by atoms with E-state index in [0.717, 1.165) is 66.8 Å². The summed E-state index contributed by atoms with van der Waals surface area (Å²) < 4.78 is 129. The summed E-state index contributed by atoms with van der Waals surface area (Å²) in [5.41, 5.74) is 5.17. The molecule has 1 aliphatic heterocycles. The summed E-state index contributed by atoms with van der Waals surface area (Å²) in [6.07, 6.45) is -11.0. The van der Waals surface area contributed by atoms with Crippen LogP contribution >= 0.6 is 0 Å². The van der Waals surface area contributed by atoms with Crippen molar-refractivity contribution < 1.29 is 92.3 Å². The minimum Gasteiger partial charge on any atom is -0.475 e. The maximum Gasteiger partial charge on any atom is 0.490 e. The third kappa shape index (κ3) is 17.4. The van der Waals surface area contributed by atoms with Gasteiger partial charge in [-0.2, -0.15) is 52.7 Å². The third-order valence-electron chi connectivity index (χ3n) is 6.34. The Bertz CT molecular complexity index is 1830. The summed E-state index contributed by atoms with van der Waals surface area (Å²) in [5.74, 6) is -10.1. The smallest absolute Gasteiger partial charge is 0.475 e. The van der Waals surface area contributed by atoms with Crippen molar-refractivity contribution in [3.8, 4) is 11.3 Å². The molecule has 57 heavy (non-hydrogen) atoms. The molecule has 27 heteroatoms. The van der Waals surface area contributed by atoms with Crippen molar-refractivity contribution in [2.75, 3.05) is 31.1 Å². The highest BCUT2D eigenvalue weighted by atomic mass is 19.4. The van der Waals surface area contributed by atoms with E-state index in [1.807, 2.05) is 43.8 Å². The van der Waals surface area contributed by atoms with Crippen molar-refractivity contribution in [2.24, 2.45) is 0 Å². The van der Waals surface area contributed by atoms with Crippen LogP contribution in [-0.2, 0) is 25.7 Å². The first-order valence-corrected chi connectivity index (χ1v) is 14.9. The first-order chi connectivity index (χ1) is 26.0. The quantitative estimate of drug-likeness (QED) is 0.191. The maximum atomic E-state index is 10.6. The molecule has 0 spiro atoms. The van der Waals surface area contributed by atoms with E-state index in [1.165, 1.54) is 0 Å². The molecule has 5 rings (SSSR count). The first kappa shape index (κ1) is 48.7. The molecule has 4 aromatic heterocycles. The summed E-state index contributed by atoms with van der Waals surface area (Å²) in [4.78, 5) is 58.6. The van der Waals surface area contributed by atoms with Crippen LogP contribution in [0.15, 0.2) is 61.3 Å². The van der Waals surface area contributed by atoms with Crippen LogP contribution in [0.3, 0.4) is 0 Å². The number of hydrogen-bond acceptors (Lipinski definition) is 10. The molecular formula is C30H27F12N7O8. The van der Waals surface area contributed by atoms with E-state index in [9.17, 15) is 52.7 Å². The zero-order valence-electron chi connectivity index (χ0n) is 28.4. The Labute approximate surface area is 310 Å². The van der Waals surface area contributed by atoms with Gasteiger partial charge in [-0.3, -0.25) is 19.3 Å². The van der Waals surface area contributed by atoms with Crippen LogP contribution in [0, 0.1) is 6.92 Å². The Kier molecular flexibility index (Phi) is 17.6. The number of anilines is 1. The van der Waals surface area contributed by atoms with E-state index in [1.54, 1.807) is 6.20 Å². The predicted octanol–water partition coefficient (Wildman–Crippen LogP) is 5.35. The van der Waals surface area contributed by atoms with E-state index < -0.39 is 48.6 Å². The normalized spacial score (nSPS) is 13.2. The molecular weight excluding hydrogens is 814 g/mol. The fourth-order valence-corrected chi connectivity index (χ4v) is 3.89. The number of imidazole rings is 1. The molecule has 0 saturated carbocycles. The SMILES string of the molecule is Cc1cccc(CN2CCN(c3nccn4c(-c5cccnc5)cnc34)CC2)n1.O=C(O)C(F)(F)F.O=C(O)C(F)(F)F.O=C(O)C(F)(F)F.O=C(O)C(F)(F)F. The van der Waals surface area contributed by atoms with Crippen molar-refractivity contribution in [1.82, 2.24) is 29.2 Å². The number of aliphatic carboxylic acids is 4. The monoisotopic (exact) mass is 841 g/mol. The maximum absolute atomic E-state index is 10.6. The molecule has 1 fully saturated rings. The van der Waals surface area contributed by atoms with Crippen molar-refractivity contribution in [1.29, 1.82) is 0 Å². The second-order valence-electron chi connectivity index (χ2n) is 10.6. The summed E-state index contributed by atoms with van der Waals surface area (Å²) in [6.45, 7) is 6.74. The minimum absolute atomic E-state index is 0.889. The highest BCUT2D eigenvalue weighted by molar-refractivity contribution is 5.74. The van der Waals surface area contributed by atoms with Gasteiger partial charge in [-0.05, 0) is 31.2 Å². The number of halogens is 12. The van der Waals surface area contributed by atoms with Gasteiger partial charge < -0.3 is 25.3 Å².